The minimum absolute atomic E-state index is 0.0209. The van der Waals surface area contributed by atoms with E-state index < -0.39 is 0 Å². The van der Waals surface area contributed by atoms with Gasteiger partial charge in [-0.3, -0.25) is 14.0 Å². The lowest BCUT2D eigenvalue weighted by molar-refractivity contribution is 0.132. The Bertz CT molecular complexity index is 1290. The Kier molecular flexibility index (Phi) is 5.41. The van der Waals surface area contributed by atoms with Gasteiger partial charge < -0.3 is 0 Å². The summed E-state index contributed by atoms with van der Waals surface area (Å²) < 4.78 is 3.42. The molecule has 5 rings (SSSR count). The van der Waals surface area contributed by atoms with E-state index in [1.54, 1.807) is 16.2 Å². The van der Waals surface area contributed by atoms with Crippen LogP contribution in [0.1, 0.15) is 64.0 Å². The molecule has 1 aromatic carbocycles. The van der Waals surface area contributed by atoms with Gasteiger partial charge >= 0.3 is 5.69 Å². The lowest BCUT2D eigenvalue weighted by atomic mass is 9.97. The van der Waals surface area contributed by atoms with Gasteiger partial charge in [-0.2, -0.15) is 5.26 Å². The number of piperidine rings is 1. The highest BCUT2D eigenvalue weighted by Crippen LogP contribution is 2.37. The van der Waals surface area contributed by atoms with E-state index in [-0.39, 0.29) is 11.1 Å². The van der Waals surface area contributed by atoms with Gasteiger partial charge in [-0.1, -0.05) is 33.3 Å². The molecule has 0 saturated carbocycles. The molecule has 0 aliphatic carbocycles. The van der Waals surface area contributed by atoms with Gasteiger partial charge in [0, 0.05) is 37.8 Å². The van der Waals surface area contributed by atoms with E-state index in [4.69, 9.17) is 4.98 Å². The average Bonchev–Trinajstić information content (AvgIpc) is 3.13. The molecule has 2 unspecified atom stereocenters. The van der Waals surface area contributed by atoms with E-state index in [0.717, 1.165) is 23.3 Å². The Morgan fingerprint density at radius 2 is 1.82 bits per heavy atom. The van der Waals surface area contributed by atoms with E-state index >= 15 is 0 Å². The summed E-state index contributed by atoms with van der Waals surface area (Å²) in [4.78, 5) is 20.4. The molecular formula is C27H33N5O. The Balaban J connectivity index is 1.54. The summed E-state index contributed by atoms with van der Waals surface area (Å²) in [6.07, 6.45) is 6.58. The lowest BCUT2D eigenvalue weighted by Gasteiger charge is -2.34. The number of hydrogen-bond donors (Lipinski definition) is 0. The van der Waals surface area contributed by atoms with E-state index in [2.05, 4.69) is 43.9 Å². The molecule has 0 amide bonds. The minimum atomic E-state index is -0.0561. The van der Waals surface area contributed by atoms with Crippen molar-refractivity contribution in [2.24, 2.45) is 12.5 Å². The van der Waals surface area contributed by atoms with Crippen LogP contribution >= 0.6 is 0 Å². The largest absolute Gasteiger partial charge is 0.330 e. The van der Waals surface area contributed by atoms with Crippen LogP contribution in [0.3, 0.4) is 0 Å². The Morgan fingerprint density at radius 1 is 1.09 bits per heavy atom. The third kappa shape index (κ3) is 4.00. The second-order valence-electron chi connectivity index (χ2n) is 11.0. The highest BCUT2D eigenvalue weighted by molar-refractivity contribution is 5.78. The van der Waals surface area contributed by atoms with Gasteiger partial charge in [0.25, 0.3) is 0 Å². The molecule has 0 radical (unpaired) electrons. The van der Waals surface area contributed by atoms with E-state index in [1.807, 2.05) is 18.2 Å². The fourth-order valence-corrected chi connectivity index (χ4v) is 5.74. The van der Waals surface area contributed by atoms with Crippen molar-refractivity contribution in [3.05, 3.63) is 51.9 Å². The van der Waals surface area contributed by atoms with Gasteiger partial charge in [0.15, 0.2) is 5.65 Å². The molecule has 172 valence electrons. The molecule has 6 heteroatoms. The van der Waals surface area contributed by atoms with Gasteiger partial charge in [0.1, 0.15) is 0 Å². The van der Waals surface area contributed by atoms with Crippen molar-refractivity contribution in [3.8, 4) is 17.3 Å². The molecule has 2 bridgehead atoms. The molecule has 0 spiro atoms. The Hall–Kier alpha value is -2.91. The van der Waals surface area contributed by atoms with E-state index in [1.165, 1.54) is 37.7 Å². The summed E-state index contributed by atoms with van der Waals surface area (Å²) >= 11 is 0. The highest BCUT2D eigenvalue weighted by atomic mass is 16.1. The SMILES string of the molecule is Cn1c(=O)n(CC(C)(C)C)c2ccc(-c3cc(CN4C5CCCC4CC5)ccc3C#N)nc21. The number of benzene rings is 1. The van der Waals surface area contributed by atoms with Crippen molar-refractivity contribution in [2.45, 2.75) is 78.0 Å². The first kappa shape index (κ1) is 21.9. The highest BCUT2D eigenvalue weighted by Gasteiger charge is 2.36. The van der Waals surface area contributed by atoms with Crippen LogP contribution in [0, 0.1) is 16.7 Å². The predicted octanol–water partition coefficient (Wildman–Crippen LogP) is 4.84. The summed E-state index contributed by atoms with van der Waals surface area (Å²) in [5.41, 5.74) is 4.84. The zero-order chi connectivity index (χ0) is 23.3. The number of imidazole rings is 1. The maximum atomic E-state index is 12.9. The zero-order valence-corrected chi connectivity index (χ0v) is 20.1. The third-order valence-electron chi connectivity index (χ3n) is 7.30. The third-order valence-corrected chi connectivity index (χ3v) is 7.30. The molecular weight excluding hydrogens is 410 g/mol. The molecule has 2 aromatic heterocycles. The van der Waals surface area contributed by atoms with Crippen molar-refractivity contribution >= 4 is 11.2 Å². The van der Waals surface area contributed by atoms with Crippen molar-refractivity contribution < 1.29 is 0 Å². The number of hydrogen-bond acceptors (Lipinski definition) is 4. The van der Waals surface area contributed by atoms with E-state index in [0.29, 0.717) is 29.8 Å². The van der Waals surface area contributed by atoms with Gasteiger partial charge in [0.05, 0.1) is 22.8 Å². The molecule has 3 aromatic rings. The van der Waals surface area contributed by atoms with Crippen LogP contribution in [-0.2, 0) is 20.1 Å². The molecule has 2 aliphatic heterocycles. The normalized spacial score (nSPS) is 20.9. The molecule has 2 atom stereocenters. The fourth-order valence-electron chi connectivity index (χ4n) is 5.74. The van der Waals surface area contributed by atoms with Crippen LogP contribution in [0.5, 0.6) is 0 Å². The monoisotopic (exact) mass is 443 g/mol. The molecule has 2 aliphatic rings. The van der Waals surface area contributed by atoms with Crippen molar-refractivity contribution in [1.82, 2.24) is 19.0 Å². The number of nitriles is 1. The van der Waals surface area contributed by atoms with Crippen molar-refractivity contribution in [2.75, 3.05) is 0 Å². The molecule has 6 nitrogen and oxygen atoms in total. The van der Waals surface area contributed by atoms with Crippen LogP contribution in [-0.4, -0.2) is 31.1 Å². The first-order valence-electron chi connectivity index (χ1n) is 12.1. The van der Waals surface area contributed by atoms with Crippen LogP contribution in [0.25, 0.3) is 22.4 Å². The number of aromatic nitrogens is 3. The van der Waals surface area contributed by atoms with Gasteiger partial charge in [-0.25, -0.2) is 9.78 Å². The maximum Gasteiger partial charge on any atom is 0.330 e. The zero-order valence-electron chi connectivity index (χ0n) is 20.1. The molecule has 4 heterocycles. The van der Waals surface area contributed by atoms with Crippen molar-refractivity contribution in [1.29, 1.82) is 5.26 Å². The molecule has 0 N–H and O–H groups in total. The summed E-state index contributed by atoms with van der Waals surface area (Å²) in [7, 11) is 1.77. The number of rotatable bonds is 4. The number of fused-ring (bicyclic) bond motifs is 3. The second kappa shape index (κ2) is 8.14. The Labute approximate surface area is 195 Å². The quantitative estimate of drug-likeness (QED) is 0.579. The summed E-state index contributed by atoms with van der Waals surface area (Å²) in [5, 5.41) is 9.78. The molecule has 33 heavy (non-hydrogen) atoms. The van der Waals surface area contributed by atoms with Gasteiger partial charge in [-0.15, -0.1) is 0 Å². The van der Waals surface area contributed by atoms with E-state index in [9.17, 15) is 10.1 Å². The summed E-state index contributed by atoms with van der Waals surface area (Å²) in [6.45, 7) is 7.93. The maximum absolute atomic E-state index is 12.9. The van der Waals surface area contributed by atoms with Crippen molar-refractivity contribution in [3.63, 3.8) is 0 Å². The number of pyridine rings is 1. The summed E-state index contributed by atoms with van der Waals surface area (Å²) in [5.74, 6) is 0. The van der Waals surface area contributed by atoms with Gasteiger partial charge in [-0.05, 0) is 60.9 Å². The second-order valence-corrected chi connectivity index (χ2v) is 11.0. The first-order chi connectivity index (χ1) is 15.7. The number of nitrogens with zero attached hydrogens (tertiary/aromatic N) is 5. The first-order valence-corrected chi connectivity index (χ1v) is 12.1. The molecule has 2 saturated heterocycles. The summed E-state index contributed by atoms with van der Waals surface area (Å²) in [6, 6.07) is 13.8. The van der Waals surface area contributed by atoms with Crippen LogP contribution in [0.2, 0.25) is 0 Å². The number of aryl methyl sites for hydroxylation is 1. The van der Waals surface area contributed by atoms with Crippen LogP contribution in [0.4, 0.5) is 0 Å². The van der Waals surface area contributed by atoms with Gasteiger partial charge in [0.2, 0.25) is 0 Å². The predicted molar refractivity (Wildman–Crippen MR) is 131 cm³/mol. The van der Waals surface area contributed by atoms with Crippen LogP contribution in [0.15, 0.2) is 35.1 Å². The fraction of sp³-hybridized carbons (Fsp3) is 0.519. The standard InChI is InChI=1S/C27H33N5O/c1-27(2,3)17-32-24-13-12-23(29-25(24)30(4)26(32)33)22-14-18(8-9-19(22)15-28)16-31-20-6-5-7-21(31)11-10-20/h8-9,12-14,20-21H,5-7,10-11,16-17H2,1-4H3. The lowest BCUT2D eigenvalue weighted by Crippen LogP contribution is -2.38. The topological polar surface area (TPSA) is 66.8 Å². The molecule has 2 fully saturated rings. The van der Waals surface area contributed by atoms with Crippen LogP contribution < -0.4 is 5.69 Å². The smallest absolute Gasteiger partial charge is 0.293 e. The Morgan fingerprint density at radius 3 is 2.48 bits per heavy atom. The average molecular weight is 444 g/mol. The minimum Gasteiger partial charge on any atom is -0.293 e.